The Kier molecular flexibility index (Phi) is 7.69. The summed E-state index contributed by atoms with van der Waals surface area (Å²) in [6.07, 6.45) is -3.73. The average molecular weight is 447 g/mol. The van der Waals surface area contributed by atoms with E-state index in [4.69, 9.17) is 5.11 Å². The number of hydrogen-bond acceptors (Lipinski definition) is 5. The van der Waals surface area contributed by atoms with Crippen molar-refractivity contribution in [3.63, 3.8) is 0 Å². The molecule has 32 heavy (non-hydrogen) atoms. The summed E-state index contributed by atoms with van der Waals surface area (Å²) in [5.41, 5.74) is 2.51. The molecule has 1 aliphatic rings. The molecule has 172 valence electrons. The van der Waals surface area contributed by atoms with E-state index in [2.05, 4.69) is 27.4 Å². The Hall–Kier alpha value is -3.13. The smallest absolute Gasteiger partial charge is 0.396 e. The standard InChI is InChI=1S/C24H29F3N4O/c1-17(28-2)22-23(29-12-7-13-32)30-21(31(22)16-18-8-4-3-5-9-18)15-19-10-6-11-20(14-19)24(25,26)27/h3-6,8-11,14,21,28-30,32H,1,7,12-13,15-16H2,2H3. The van der Waals surface area contributed by atoms with E-state index >= 15 is 0 Å². The first-order valence-electron chi connectivity index (χ1n) is 10.5. The molecular formula is C24H29F3N4O. The summed E-state index contributed by atoms with van der Waals surface area (Å²) in [6, 6.07) is 15.3. The van der Waals surface area contributed by atoms with Gasteiger partial charge in [-0.15, -0.1) is 0 Å². The SMILES string of the molecule is C=C(NC)C1=C(NCCCO)NC(Cc2cccc(C(F)(F)F)c2)N1Cc1ccccc1. The minimum absolute atomic E-state index is 0.0595. The fourth-order valence-electron chi connectivity index (χ4n) is 3.71. The predicted molar refractivity (Wildman–Crippen MR) is 119 cm³/mol. The molecular weight excluding hydrogens is 417 g/mol. The first-order chi connectivity index (χ1) is 15.3. The zero-order chi connectivity index (χ0) is 23.1. The van der Waals surface area contributed by atoms with E-state index in [1.165, 1.54) is 12.1 Å². The molecule has 1 atom stereocenters. The van der Waals surface area contributed by atoms with Gasteiger partial charge in [-0.3, -0.25) is 0 Å². The lowest BCUT2D eigenvalue weighted by Gasteiger charge is -2.30. The van der Waals surface area contributed by atoms with Gasteiger partial charge in [-0.05, 0) is 23.6 Å². The van der Waals surface area contributed by atoms with Gasteiger partial charge in [-0.1, -0.05) is 55.1 Å². The quantitative estimate of drug-likeness (QED) is 0.421. The number of alkyl halides is 3. The number of nitrogens with one attached hydrogen (secondary N) is 3. The van der Waals surface area contributed by atoms with Crippen LogP contribution >= 0.6 is 0 Å². The number of hydrogen-bond donors (Lipinski definition) is 4. The number of aliphatic hydroxyl groups excluding tert-OH is 1. The van der Waals surface area contributed by atoms with Gasteiger partial charge in [0, 0.05) is 33.2 Å². The van der Waals surface area contributed by atoms with E-state index in [-0.39, 0.29) is 12.8 Å². The predicted octanol–water partition coefficient (Wildman–Crippen LogP) is 3.55. The zero-order valence-corrected chi connectivity index (χ0v) is 18.0. The molecule has 5 nitrogen and oxygen atoms in total. The maximum absolute atomic E-state index is 13.2. The Labute approximate surface area is 186 Å². The number of aliphatic hydroxyl groups is 1. The molecule has 0 radical (unpaired) electrons. The minimum Gasteiger partial charge on any atom is -0.396 e. The van der Waals surface area contributed by atoms with Crippen molar-refractivity contribution >= 4 is 0 Å². The zero-order valence-electron chi connectivity index (χ0n) is 18.0. The van der Waals surface area contributed by atoms with Gasteiger partial charge in [0.25, 0.3) is 0 Å². The van der Waals surface area contributed by atoms with Crippen LogP contribution in [0, 0.1) is 0 Å². The van der Waals surface area contributed by atoms with Gasteiger partial charge >= 0.3 is 6.18 Å². The monoisotopic (exact) mass is 446 g/mol. The molecule has 0 aliphatic carbocycles. The molecule has 0 fully saturated rings. The number of nitrogens with zero attached hydrogens (tertiary/aromatic N) is 1. The average Bonchev–Trinajstić information content (AvgIpc) is 3.10. The van der Waals surface area contributed by atoms with Crippen molar-refractivity contribution in [2.45, 2.75) is 31.7 Å². The van der Waals surface area contributed by atoms with Crippen LogP contribution in [0.1, 0.15) is 23.1 Å². The van der Waals surface area contributed by atoms with E-state index < -0.39 is 11.7 Å². The molecule has 2 aromatic carbocycles. The van der Waals surface area contributed by atoms with Crippen molar-refractivity contribution in [2.75, 3.05) is 20.2 Å². The third-order valence-electron chi connectivity index (χ3n) is 5.31. The highest BCUT2D eigenvalue weighted by molar-refractivity contribution is 5.36. The van der Waals surface area contributed by atoms with Gasteiger partial charge in [0.05, 0.1) is 11.3 Å². The van der Waals surface area contributed by atoms with E-state index in [9.17, 15) is 13.2 Å². The van der Waals surface area contributed by atoms with Gasteiger partial charge in [0.15, 0.2) is 0 Å². The molecule has 4 N–H and O–H groups in total. The minimum atomic E-state index is -4.39. The Balaban J connectivity index is 1.92. The van der Waals surface area contributed by atoms with Crippen LogP contribution in [0.3, 0.4) is 0 Å². The highest BCUT2D eigenvalue weighted by Gasteiger charge is 2.34. The van der Waals surface area contributed by atoms with E-state index in [0.717, 1.165) is 23.1 Å². The lowest BCUT2D eigenvalue weighted by Crippen LogP contribution is -2.40. The summed E-state index contributed by atoms with van der Waals surface area (Å²) in [6.45, 7) is 5.29. The van der Waals surface area contributed by atoms with Crippen molar-refractivity contribution in [3.8, 4) is 0 Å². The molecule has 0 bridgehead atoms. The molecule has 1 aliphatic heterocycles. The van der Waals surface area contributed by atoms with Crippen LogP contribution in [0.4, 0.5) is 13.2 Å². The lowest BCUT2D eigenvalue weighted by molar-refractivity contribution is -0.137. The molecule has 2 aromatic rings. The van der Waals surface area contributed by atoms with Gasteiger partial charge in [-0.25, -0.2) is 0 Å². The van der Waals surface area contributed by atoms with Crippen molar-refractivity contribution in [1.82, 2.24) is 20.9 Å². The molecule has 0 aromatic heterocycles. The summed E-state index contributed by atoms with van der Waals surface area (Å²) in [5, 5.41) is 18.9. The molecule has 0 amide bonds. The van der Waals surface area contributed by atoms with Crippen molar-refractivity contribution in [1.29, 1.82) is 0 Å². The second-order valence-corrected chi connectivity index (χ2v) is 7.63. The van der Waals surface area contributed by atoms with E-state index in [0.29, 0.717) is 37.2 Å². The summed E-state index contributed by atoms with van der Waals surface area (Å²) in [5.74, 6) is 0.741. The van der Waals surface area contributed by atoms with Crippen LogP contribution in [0.25, 0.3) is 0 Å². The maximum Gasteiger partial charge on any atom is 0.416 e. The summed E-state index contributed by atoms with van der Waals surface area (Å²) in [4.78, 5) is 2.11. The van der Waals surface area contributed by atoms with Crippen molar-refractivity contribution in [2.24, 2.45) is 0 Å². The second-order valence-electron chi connectivity index (χ2n) is 7.63. The van der Waals surface area contributed by atoms with Crippen LogP contribution in [-0.2, 0) is 19.1 Å². The molecule has 0 spiro atoms. The number of rotatable bonds is 10. The van der Waals surface area contributed by atoms with Gasteiger partial charge < -0.3 is 26.0 Å². The Morgan fingerprint density at radius 3 is 2.50 bits per heavy atom. The molecule has 8 heteroatoms. The van der Waals surface area contributed by atoms with Crippen LogP contribution < -0.4 is 16.0 Å². The van der Waals surface area contributed by atoms with Crippen LogP contribution in [0.5, 0.6) is 0 Å². The number of likely N-dealkylation sites (N-methyl/N-ethyl adjacent to an activating group) is 1. The van der Waals surface area contributed by atoms with Crippen LogP contribution in [0.15, 0.2) is 78.4 Å². The molecule has 1 heterocycles. The maximum atomic E-state index is 13.2. The molecule has 0 saturated heterocycles. The summed E-state index contributed by atoms with van der Waals surface area (Å²) < 4.78 is 39.6. The molecule has 1 unspecified atom stereocenters. The molecule has 0 saturated carbocycles. The number of benzene rings is 2. The van der Waals surface area contributed by atoms with Gasteiger partial charge in [-0.2, -0.15) is 13.2 Å². The topological polar surface area (TPSA) is 59.6 Å². The largest absolute Gasteiger partial charge is 0.416 e. The van der Waals surface area contributed by atoms with E-state index in [1.54, 1.807) is 13.1 Å². The fourth-order valence-corrected chi connectivity index (χ4v) is 3.71. The molecule has 3 rings (SSSR count). The Morgan fingerprint density at radius 2 is 1.84 bits per heavy atom. The third-order valence-corrected chi connectivity index (χ3v) is 5.31. The highest BCUT2D eigenvalue weighted by Crippen LogP contribution is 2.31. The Morgan fingerprint density at radius 1 is 1.12 bits per heavy atom. The third kappa shape index (κ3) is 5.76. The first kappa shape index (κ1) is 23.5. The van der Waals surface area contributed by atoms with Crippen LogP contribution in [0.2, 0.25) is 0 Å². The van der Waals surface area contributed by atoms with Crippen LogP contribution in [-0.4, -0.2) is 36.4 Å². The summed E-state index contributed by atoms with van der Waals surface area (Å²) >= 11 is 0. The highest BCUT2D eigenvalue weighted by atomic mass is 19.4. The summed E-state index contributed by atoms with van der Waals surface area (Å²) in [7, 11) is 1.78. The normalized spacial score (nSPS) is 16.2. The number of halogens is 3. The Bertz CT molecular complexity index is 944. The van der Waals surface area contributed by atoms with Crippen molar-refractivity contribution < 1.29 is 18.3 Å². The van der Waals surface area contributed by atoms with E-state index in [1.807, 2.05) is 30.3 Å². The van der Waals surface area contributed by atoms with Crippen molar-refractivity contribution in [3.05, 3.63) is 95.1 Å². The first-order valence-corrected chi connectivity index (χ1v) is 10.5. The van der Waals surface area contributed by atoms with Gasteiger partial charge in [0.2, 0.25) is 0 Å². The second kappa shape index (κ2) is 10.5. The lowest BCUT2D eigenvalue weighted by atomic mass is 10.1. The van der Waals surface area contributed by atoms with Gasteiger partial charge in [0.1, 0.15) is 17.7 Å². The fraction of sp³-hybridized carbons (Fsp3) is 0.333.